The van der Waals surface area contributed by atoms with Gasteiger partial charge in [-0.25, -0.2) is 0 Å². The predicted molar refractivity (Wildman–Crippen MR) is 81.1 cm³/mol. The van der Waals surface area contributed by atoms with E-state index in [0.717, 1.165) is 0 Å². The van der Waals surface area contributed by atoms with E-state index in [0.29, 0.717) is 37.1 Å². The molecule has 1 aromatic carbocycles. The maximum Gasteiger partial charge on any atom is 0.223 e. The standard InChI is InChI=1S/C17H20N2O3/c1-12(10-16(21)19-8-6-15(20)7-9-19)17(22)14-4-2-13(11-18)3-5-14/h2-5,12,15,20H,6-10H2,1H3. The summed E-state index contributed by atoms with van der Waals surface area (Å²) in [7, 11) is 0. The molecule has 1 aliphatic heterocycles. The van der Waals surface area contributed by atoms with Crippen molar-refractivity contribution in [2.24, 2.45) is 5.92 Å². The van der Waals surface area contributed by atoms with Crippen LogP contribution < -0.4 is 0 Å². The van der Waals surface area contributed by atoms with Crippen LogP contribution in [0.2, 0.25) is 0 Å². The number of carbonyl (C=O) groups is 2. The van der Waals surface area contributed by atoms with Crippen LogP contribution in [0.1, 0.15) is 42.1 Å². The summed E-state index contributed by atoms with van der Waals surface area (Å²) in [5, 5.41) is 18.2. The number of Topliss-reactive ketones (excluding diaryl/α,β-unsaturated/α-hetero) is 1. The van der Waals surface area contributed by atoms with E-state index in [4.69, 9.17) is 5.26 Å². The van der Waals surface area contributed by atoms with E-state index in [1.54, 1.807) is 36.1 Å². The number of rotatable bonds is 4. The van der Waals surface area contributed by atoms with Gasteiger partial charge in [0, 0.05) is 31.0 Å². The second-order valence-corrected chi connectivity index (χ2v) is 5.77. The van der Waals surface area contributed by atoms with Crippen molar-refractivity contribution in [2.75, 3.05) is 13.1 Å². The first-order chi connectivity index (χ1) is 10.5. The van der Waals surface area contributed by atoms with Gasteiger partial charge in [0.25, 0.3) is 0 Å². The molecule has 0 spiro atoms. The van der Waals surface area contributed by atoms with Crippen LogP contribution in [0.15, 0.2) is 24.3 Å². The highest BCUT2D eigenvalue weighted by Crippen LogP contribution is 2.17. The Morgan fingerprint density at radius 3 is 2.45 bits per heavy atom. The molecule has 2 rings (SSSR count). The van der Waals surface area contributed by atoms with Crippen LogP contribution in [-0.4, -0.2) is 40.9 Å². The van der Waals surface area contributed by atoms with Gasteiger partial charge >= 0.3 is 0 Å². The van der Waals surface area contributed by atoms with Gasteiger partial charge in [-0.05, 0) is 25.0 Å². The first-order valence-electron chi connectivity index (χ1n) is 7.51. The van der Waals surface area contributed by atoms with Crippen LogP contribution in [0.25, 0.3) is 0 Å². The fraction of sp³-hybridized carbons (Fsp3) is 0.471. The normalized spacial score (nSPS) is 16.9. The number of hydrogen-bond acceptors (Lipinski definition) is 4. The first kappa shape index (κ1) is 16.2. The van der Waals surface area contributed by atoms with Gasteiger partial charge in [-0.15, -0.1) is 0 Å². The van der Waals surface area contributed by atoms with Crippen molar-refractivity contribution in [1.82, 2.24) is 4.90 Å². The Morgan fingerprint density at radius 2 is 1.91 bits per heavy atom. The minimum absolute atomic E-state index is 0.0404. The number of amides is 1. The summed E-state index contributed by atoms with van der Waals surface area (Å²) < 4.78 is 0. The van der Waals surface area contributed by atoms with Crippen LogP contribution >= 0.6 is 0 Å². The largest absolute Gasteiger partial charge is 0.393 e. The first-order valence-corrected chi connectivity index (χ1v) is 7.51. The molecule has 0 saturated carbocycles. The van der Waals surface area contributed by atoms with Crippen molar-refractivity contribution in [3.05, 3.63) is 35.4 Å². The predicted octanol–water partition coefficient (Wildman–Crippen LogP) is 1.75. The number of aliphatic hydroxyl groups excluding tert-OH is 1. The molecule has 1 amide bonds. The van der Waals surface area contributed by atoms with Crippen molar-refractivity contribution < 1.29 is 14.7 Å². The van der Waals surface area contributed by atoms with Crippen LogP contribution in [0, 0.1) is 17.2 Å². The van der Waals surface area contributed by atoms with Crippen molar-refractivity contribution in [2.45, 2.75) is 32.3 Å². The summed E-state index contributed by atoms with van der Waals surface area (Å²) in [4.78, 5) is 26.2. The minimum Gasteiger partial charge on any atom is -0.393 e. The number of benzene rings is 1. The Balaban J connectivity index is 1.93. The average molecular weight is 300 g/mol. The molecule has 0 aliphatic carbocycles. The number of nitriles is 1. The number of carbonyl (C=O) groups excluding carboxylic acids is 2. The van der Waals surface area contributed by atoms with Crippen molar-refractivity contribution in [1.29, 1.82) is 5.26 Å². The SMILES string of the molecule is CC(CC(=O)N1CCC(O)CC1)C(=O)c1ccc(C#N)cc1. The lowest BCUT2D eigenvalue weighted by atomic mass is 9.95. The Bertz CT molecular complexity index is 581. The van der Waals surface area contributed by atoms with E-state index in [-0.39, 0.29) is 24.2 Å². The third-order valence-corrected chi connectivity index (χ3v) is 4.04. The molecular formula is C17H20N2O3. The lowest BCUT2D eigenvalue weighted by Crippen LogP contribution is -2.41. The topological polar surface area (TPSA) is 81.4 Å². The van der Waals surface area contributed by atoms with Gasteiger partial charge in [0.1, 0.15) is 0 Å². The quantitative estimate of drug-likeness (QED) is 0.859. The van der Waals surface area contributed by atoms with Crippen molar-refractivity contribution in [3.8, 4) is 6.07 Å². The van der Waals surface area contributed by atoms with E-state index >= 15 is 0 Å². The molecule has 0 bridgehead atoms. The monoisotopic (exact) mass is 300 g/mol. The van der Waals surface area contributed by atoms with Gasteiger partial charge in [-0.3, -0.25) is 9.59 Å². The minimum atomic E-state index is -0.396. The van der Waals surface area contributed by atoms with E-state index in [1.165, 1.54) is 0 Å². The van der Waals surface area contributed by atoms with Crippen LogP contribution in [-0.2, 0) is 4.79 Å². The summed E-state index contributed by atoms with van der Waals surface area (Å²) in [6, 6.07) is 8.47. The Kier molecular flexibility index (Phi) is 5.29. The second-order valence-electron chi connectivity index (χ2n) is 5.77. The smallest absolute Gasteiger partial charge is 0.223 e. The lowest BCUT2D eigenvalue weighted by Gasteiger charge is -2.30. The molecule has 1 unspecified atom stereocenters. The van der Waals surface area contributed by atoms with E-state index in [2.05, 4.69) is 0 Å². The maximum atomic E-state index is 12.3. The van der Waals surface area contributed by atoms with Gasteiger partial charge in [0.05, 0.1) is 17.7 Å². The molecule has 1 saturated heterocycles. The van der Waals surface area contributed by atoms with Crippen molar-refractivity contribution in [3.63, 3.8) is 0 Å². The highest BCUT2D eigenvalue weighted by atomic mass is 16.3. The zero-order valence-corrected chi connectivity index (χ0v) is 12.7. The summed E-state index contributed by atoms with van der Waals surface area (Å²) >= 11 is 0. The Hall–Kier alpha value is -2.19. The molecular weight excluding hydrogens is 280 g/mol. The number of aliphatic hydroxyl groups is 1. The van der Waals surface area contributed by atoms with E-state index in [1.807, 2.05) is 6.07 Å². The molecule has 5 nitrogen and oxygen atoms in total. The third kappa shape index (κ3) is 3.92. The zero-order valence-electron chi connectivity index (χ0n) is 12.7. The fourth-order valence-corrected chi connectivity index (χ4v) is 2.59. The average Bonchev–Trinajstić information content (AvgIpc) is 2.54. The van der Waals surface area contributed by atoms with Crippen molar-refractivity contribution >= 4 is 11.7 Å². The van der Waals surface area contributed by atoms with Crippen LogP contribution in [0.3, 0.4) is 0 Å². The van der Waals surface area contributed by atoms with Gasteiger partial charge < -0.3 is 10.0 Å². The van der Waals surface area contributed by atoms with Gasteiger partial charge in [0.15, 0.2) is 5.78 Å². The van der Waals surface area contributed by atoms with Gasteiger partial charge in [0.2, 0.25) is 5.91 Å². The molecule has 116 valence electrons. The van der Waals surface area contributed by atoms with Crippen LogP contribution in [0.5, 0.6) is 0 Å². The second kappa shape index (κ2) is 7.19. The molecule has 1 aromatic rings. The van der Waals surface area contributed by atoms with Crippen LogP contribution in [0.4, 0.5) is 0 Å². The summed E-state index contributed by atoms with van der Waals surface area (Å²) in [5.74, 6) is -0.524. The highest BCUT2D eigenvalue weighted by molar-refractivity contribution is 5.99. The molecule has 1 heterocycles. The summed E-state index contributed by atoms with van der Waals surface area (Å²) in [6.45, 7) is 2.85. The molecule has 0 aromatic heterocycles. The number of likely N-dealkylation sites (tertiary alicyclic amines) is 1. The van der Waals surface area contributed by atoms with Gasteiger partial charge in [-0.1, -0.05) is 19.1 Å². The molecule has 0 radical (unpaired) electrons. The number of piperidine rings is 1. The molecule has 1 fully saturated rings. The summed E-state index contributed by atoms with van der Waals surface area (Å²) in [6.07, 6.45) is 1.06. The summed E-state index contributed by atoms with van der Waals surface area (Å²) in [5.41, 5.74) is 1.03. The number of hydrogen-bond donors (Lipinski definition) is 1. The Morgan fingerprint density at radius 1 is 1.32 bits per heavy atom. The molecule has 1 atom stereocenters. The molecule has 1 aliphatic rings. The number of ketones is 1. The Labute approximate surface area is 130 Å². The lowest BCUT2D eigenvalue weighted by molar-refractivity contribution is -0.133. The van der Waals surface area contributed by atoms with Gasteiger partial charge in [-0.2, -0.15) is 5.26 Å². The third-order valence-electron chi connectivity index (χ3n) is 4.04. The molecule has 5 heteroatoms. The maximum absolute atomic E-state index is 12.3. The zero-order chi connectivity index (χ0) is 16.1. The van der Waals surface area contributed by atoms with E-state index < -0.39 is 5.92 Å². The molecule has 22 heavy (non-hydrogen) atoms. The van der Waals surface area contributed by atoms with E-state index in [9.17, 15) is 14.7 Å². The molecule has 1 N–H and O–H groups in total. The fourth-order valence-electron chi connectivity index (χ4n) is 2.59. The highest BCUT2D eigenvalue weighted by Gasteiger charge is 2.25. The number of nitrogens with zero attached hydrogens (tertiary/aromatic N) is 2.